The summed E-state index contributed by atoms with van der Waals surface area (Å²) in [5.41, 5.74) is 3.13. The minimum atomic E-state index is -0.196. The number of carbonyl (C=O) groups is 1. The van der Waals surface area contributed by atoms with Crippen molar-refractivity contribution >= 4 is 23.1 Å². The maximum absolute atomic E-state index is 13.0. The molecule has 0 atom stereocenters. The van der Waals surface area contributed by atoms with Crippen LogP contribution in [0.4, 0.5) is 0 Å². The Labute approximate surface area is 175 Å². The van der Waals surface area contributed by atoms with E-state index in [0.29, 0.717) is 40.2 Å². The van der Waals surface area contributed by atoms with Gasteiger partial charge in [-0.2, -0.15) is 0 Å². The lowest BCUT2D eigenvalue weighted by Gasteiger charge is -2.23. The number of ketones is 1. The molecule has 1 aliphatic heterocycles. The summed E-state index contributed by atoms with van der Waals surface area (Å²) in [6.07, 6.45) is 2.39. The third-order valence-electron chi connectivity index (χ3n) is 4.69. The molecule has 7 heteroatoms. The van der Waals surface area contributed by atoms with E-state index in [9.17, 15) is 4.79 Å². The van der Waals surface area contributed by atoms with E-state index in [-0.39, 0.29) is 5.78 Å². The fraction of sp³-hybridized carbons (Fsp3) is 0.318. The lowest BCUT2D eigenvalue weighted by Crippen LogP contribution is -2.23. The fourth-order valence-corrected chi connectivity index (χ4v) is 3.56. The SMILES string of the molecule is CCOc1c(Cl)cc(C(=O)C=C2NCCc3cc(OC)c(OC)cc32)cc1OC. The average Bonchev–Trinajstić information content (AvgIpc) is 2.74. The second-order valence-electron chi connectivity index (χ2n) is 6.39. The van der Waals surface area contributed by atoms with Crippen LogP contribution in [0, 0.1) is 0 Å². The molecule has 29 heavy (non-hydrogen) atoms. The zero-order valence-corrected chi connectivity index (χ0v) is 17.7. The number of methoxy groups -OCH3 is 3. The number of allylic oxidation sites excluding steroid dienone is 1. The van der Waals surface area contributed by atoms with E-state index in [2.05, 4.69) is 5.32 Å². The Balaban J connectivity index is 2.00. The molecule has 3 rings (SSSR count). The van der Waals surface area contributed by atoms with Crippen LogP contribution in [-0.2, 0) is 6.42 Å². The Morgan fingerprint density at radius 3 is 2.41 bits per heavy atom. The van der Waals surface area contributed by atoms with Crippen LogP contribution < -0.4 is 24.3 Å². The summed E-state index contributed by atoms with van der Waals surface area (Å²) in [4.78, 5) is 13.0. The minimum Gasteiger partial charge on any atom is -0.493 e. The first-order valence-electron chi connectivity index (χ1n) is 9.27. The van der Waals surface area contributed by atoms with Gasteiger partial charge in [-0.3, -0.25) is 4.79 Å². The maximum Gasteiger partial charge on any atom is 0.188 e. The number of benzene rings is 2. The quantitative estimate of drug-likeness (QED) is 0.539. The molecular formula is C22H24ClNO5. The summed E-state index contributed by atoms with van der Waals surface area (Å²) >= 11 is 6.31. The summed E-state index contributed by atoms with van der Waals surface area (Å²) in [5, 5.41) is 3.62. The highest BCUT2D eigenvalue weighted by Gasteiger charge is 2.20. The average molecular weight is 418 g/mol. The first-order chi connectivity index (χ1) is 14.0. The Morgan fingerprint density at radius 2 is 1.76 bits per heavy atom. The number of carbonyl (C=O) groups excluding carboxylic acids is 1. The Kier molecular flexibility index (Phi) is 6.54. The number of rotatable bonds is 7. The van der Waals surface area contributed by atoms with Gasteiger partial charge in [-0.05, 0) is 43.2 Å². The molecule has 1 heterocycles. The molecule has 0 unspecified atom stereocenters. The first kappa shape index (κ1) is 20.9. The summed E-state index contributed by atoms with van der Waals surface area (Å²) in [5.74, 6) is 1.93. The van der Waals surface area contributed by atoms with Gasteiger partial charge in [0.05, 0.1) is 33.0 Å². The van der Waals surface area contributed by atoms with Gasteiger partial charge < -0.3 is 24.3 Å². The molecule has 0 aliphatic carbocycles. The molecule has 0 saturated heterocycles. The van der Waals surface area contributed by atoms with Crippen LogP contribution in [0.5, 0.6) is 23.0 Å². The van der Waals surface area contributed by atoms with Crippen molar-refractivity contribution in [3.05, 3.63) is 52.1 Å². The van der Waals surface area contributed by atoms with Gasteiger partial charge in [-0.25, -0.2) is 0 Å². The molecule has 1 aliphatic rings. The number of hydrogen-bond donors (Lipinski definition) is 1. The topological polar surface area (TPSA) is 66.0 Å². The molecule has 0 saturated carbocycles. The third kappa shape index (κ3) is 4.27. The minimum absolute atomic E-state index is 0.196. The Morgan fingerprint density at radius 1 is 1.07 bits per heavy atom. The van der Waals surface area contributed by atoms with Crippen molar-refractivity contribution in [3.63, 3.8) is 0 Å². The van der Waals surface area contributed by atoms with E-state index in [4.69, 9.17) is 30.5 Å². The molecule has 0 radical (unpaired) electrons. The highest BCUT2D eigenvalue weighted by atomic mass is 35.5. The van der Waals surface area contributed by atoms with E-state index in [1.165, 1.54) is 7.11 Å². The van der Waals surface area contributed by atoms with Crippen LogP contribution in [0.1, 0.15) is 28.4 Å². The maximum atomic E-state index is 13.0. The number of nitrogens with one attached hydrogen (secondary N) is 1. The van der Waals surface area contributed by atoms with Gasteiger partial charge >= 0.3 is 0 Å². The lowest BCUT2D eigenvalue weighted by atomic mass is 9.95. The van der Waals surface area contributed by atoms with Crippen molar-refractivity contribution in [1.82, 2.24) is 5.32 Å². The van der Waals surface area contributed by atoms with Gasteiger partial charge in [-0.15, -0.1) is 0 Å². The Hall–Kier alpha value is -2.86. The summed E-state index contributed by atoms with van der Waals surface area (Å²) in [7, 11) is 4.71. The fourth-order valence-electron chi connectivity index (χ4n) is 3.30. The molecule has 0 fully saturated rings. The van der Waals surface area contributed by atoms with Crippen molar-refractivity contribution in [2.75, 3.05) is 34.5 Å². The zero-order valence-electron chi connectivity index (χ0n) is 16.9. The Bertz CT molecular complexity index is 955. The van der Waals surface area contributed by atoms with Gasteiger partial charge in [0, 0.05) is 29.4 Å². The third-order valence-corrected chi connectivity index (χ3v) is 4.97. The number of ether oxygens (including phenoxy) is 4. The monoisotopic (exact) mass is 417 g/mol. The van der Waals surface area contributed by atoms with E-state index in [0.717, 1.165) is 29.8 Å². The van der Waals surface area contributed by atoms with Crippen LogP contribution in [0.15, 0.2) is 30.3 Å². The predicted octanol–water partition coefficient (Wildman–Crippen LogP) is 4.13. The largest absolute Gasteiger partial charge is 0.493 e. The van der Waals surface area contributed by atoms with Crippen LogP contribution in [0.25, 0.3) is 5.70 Å². The number of halogens is 1. The molecule has 2 aromatic carbocycles. The van der Waals surface area contributed by atoms with E-state index in [1.54, 1.807) is 32.4 Å². The molecule has 0 bridgehead atoms. The molecule has 1 N–H and O–H groups in total. The number of hydrogen-bond acceptors (Lipinski definition) is 6. The summed E-state index contributed by atoms with van der Waals surface area (Å²) in [6.45, 7) is 3.02. The molecule has 6 nitrogen and oxygen atoms in total. The standard InChI is InChI=1S/C22H24ClNO5/c1-5-29-22-16(23)8-14(10-21(22)28-4)18(25)12-17-15-11-20(27-3)19(26-2)9-13(15)6-7-24-17/h8-12,24H,5-7H2,1-4H3. The highest BCUT2D eigenvalue weighted by molar-refractivity contribution is 6.33. The summed E-state index contributed by atoms with van der Waals surface area (Å²) < 4.78 is 21.7. The van der Waals surface area contributed by atoms with Gasteiger partial charge in [0.25, 0.3) is 0 Å². The van der Waals surface area contributed by atoms with Crippen LogP contribution in [0.3, 0.4) is 0 Å². The van der Waals surface area contributed by atoms with Crippen LogP contribution in [0.2, 0.25) is 5.02 Å². The van der Waals surface area contributed by atoms with Crippen LogP contribution >= 0.6 is 11.6 Å². The smallest absolute Gasteiger partial charge is 0.188 e. The van der Waals surface area contributed by atoms with Crippen molar-refractivity contribution in [2.24, 2.45) is 0 Å². The van der Waals surface area contributed by atoms with Gasteiger partial charge in [0.2, 0.25) is 0 Å². The lowest BCUT2D eigenvalue weighted by molar-refractivity contribution is 0.104. The van der Waals surface area contributed by atoms with E-state index in [1.807, 2.05) is 19.1 Å². The van der Waals surface area contributed by atoms with Gasteiger partial charge in [-0.1, -0.05) is 11.6 Å². The second kappa shape index (κ2) is 9.09. The molecule has 0 aromatic heterocycles. The molecule has 2 aromatic rings. The molecule has 0 amide bonds. The number of fused-ring (bicyclic) bond motifs is 1. The van der Waals surface area contributed by atoms with Crippen molar-refractivity contribution in [3.8, 4) is 23.0 Å². The normalized spacial score (nSPS) is 14.0. The van der Waals surface area contributed by atoms with E-state index < -0.39 is 0 Å². The van der Waals surface area contributed by atoms with Crippen LogP contribution in [-0.4, -0.2) is 40.3 Å². The van der Waals surface area contributed by atoms with Crippen molar-refractivity contribution in [2.45, 2.75) is 13.3 Å². The van der Waals surface area contributed by atoms with Gasteiger partial charge in [0.1, 0.15) is 0 Å². The molecular weight excluding hydrogens is 394 g/mol. The highest BCUT2D eigenvalue weighted by Crippen LogP contribution is 2.38. The van der Waals surface area contributed by atoms with Gasteiger partial charge in [0.15, 0.2) is 28.8 Å². The molecule has 0 spiro atoms. The summed E-state index contributed by atoms with van der Waals surface area (Å²) in [6, 6.07) is 7.05. The first-order valence-corrected chi connectivity index (χ1v) is 9.65. The van der Waals surface area contributed by atoms with E-state index >= 15 is 0 Å². The predicted molar refractivity (Wildman–Crippen MR) is 113 cm³/mol. The second-order valence-corrected chi connectivity index (χ2v) is 6.79. The van der Waals surface area contributed by atoms with Crippen molar-refractivity contribution < 1.29 is 23.7 Å². The molecule has 154 valence electrons. The van der Waals surface area contributed by atoms with Crippen molar-refractivity contribution in [1.29, 1.82) is 0 Å². The zero-order chi connectivity index (χ0) is 21.0.